The number of esters is 1. The summed E-state index contributed by atoms with van der Waals surface area (Å²) in [6.45, 7) is 3.16. The van der Waals surface area contributed by atoms with Gasteiger partial charge in [0.05, 0.1) is 0 Å². The largest absolute Gasteiger partial charge is 0.458 e. The quantitative estimate of drug-likeness (QED) is 0.578. The highest BCUT2D eigenvalue weighted by molar-refractivity contribution is 5.82. The van der Waals surface area contributed by atoms with E-state index in [2.05, 4.69) is 0 Å². The van der Waals surface area contributed by atoms with Crippen LogP contribution < -0.4 is 0 Å². The zero-order valence-electron chi connectivity index (χ0n) is 9.44. The van der Waals surface area contributed by atoms with Gasteiger partial charge in [-0.3, -0.25) is 0 Å². The summed E-state index contributed by atoms with van der Waals surface area (Å²) in [5.74, 6) is -0.508. The van der Waals surface area contributed by atoms with Crippen molar-refractivity contribution in [2.75, 3.05) is 0 Å². The molecule has 0 amide bonds. The molecule has 0 aliphatic heterocycles. The van der Waals surface area contributed by atoms with Gasteiger partial charge in [-0.2, -0.15) is 0 Å². The number of hydrogen-bond acceptors (Lipinski definition) is 2. The Morgan fingerprint density at radius 3 is 2.62 bits per heavy atom. The van der Waals surface area contributed by atoms with Crippen LogP contribution in [0.1, 0.15) is 19.4 Å². The van der Waals surface area contributed by atoms with E-state index in [0.717, 1.165) is 5.56 Å². The first-order valence-corrected chi connectivity index (χ1v) is 5.12. The van der Waals surface area contributed by atoms with Crippen molar-refractivity contribution in [2.45, 2.75) is 26.6 Å². The molecule has 1 atom stereocenters. The Bertz CT molecular complexity index is 369. The third-order valence-corrected chi connectivity index (χ3v) is 2.20. The van der Waals surface area contributed by atoms with Crippen molar-refractivity contribution in [1.82, 2.24) is 0 Å². The fraction of sp³-hybridized carbons (Fsp3) is 0.308. The van der Waals surface area contributed by atoms with Gasteiger partial charge in [-0.15, -0.1) is 0 Å². The van der Waals surface area contributed by atoms with Crippen LogP contribution in [-0.4, -0.2) is 12.1 Å². The van der Waals surface area contributed by atoms with E-state index in [9.17, 15) is 9.18 Å². The number of halogens is 1. The van der Waals surface area contributed by atoms with Crippen molar-refractivity contribution in [2.24, 2.45) is 0 Å². The summed E-state index contributed by atoms with van der Waals surface area (Å²) < 4.78 is 17.7. The van der Waals surface area contributed by atoms with Crippen molar-refractivity contribution in [3.05, 3.63) is 47.5 Å². The predicted molar refractivity (Wildman–Crippen MR) is 60.6 cm³/mol. The minimum absolute atomic E-state index is 0.212. The van der Waals surface area contributed by atoms with Crippen molar-refractivity contribution in [3.8, 4) is 0 Å². The average Bonchev–Trinajstić information content (AvgIpc) is 2.27. The minimum atomic E-state index is -1.12. The second kappa shape index (κ2) is 6.05. The van der Waals surface area contributed by atoms with Crippen LogP contribution in [0.15, 0.2) is 42.0 Å². The lowest BCUT2D eigenvalue weighted by molar-refractivity contribution is -0.139. The van der Waals surface area contributed by atoms with Gasteiger partial charge in [0.15, 0.2) is 0 Å². The molecule has 86 valence electrons. The van der Waals surface area contributed by atoms with Gasteiger partial charge >= 0.3 is 5.97 Å². The number of benzene rings is 1. The zero-order valence-corrected chi connectivity index (χ0v) is 9.44. The van der Waals surface area contributed by atoms with Crippen LogP contribution in [0.3, 0.4) is 0 Å². The molecule has 0 aliphatic rings. The Hall–Kier alpha value is -1.64. The molecule has 0 aromatic heterocycles. The molecule has 2 nitrogen and oxygen atoms in total. The van der Waals surface area contributed by atoms with Crippen molar-refractivity contribution in [3.63, 3.8) is 0 Å². The monoisotopic (exact) mass is 222 g/mol. The number of carbonyl (C=O) groups is 1. The Morgan fingerprint density at radius 2 is 2.06 bits per heavy atom. The van der Waals surface area contributed by atoms with Gasteiger partial charge in [-0.1, -0.05) is 30.3 Å². The molecule has 0 radical (unpaired) electrons. The van der Waals surface area contributed by atoms with Crippen molar-refractivity contribution < 1.29 is 13.9 Å². The number of allylic oxidation sites excluding steroid dienone is 1. The summed E-state index contributed by atoms with van der Waals surface area (Å²) >= 11 is 0. The van der Waals surface area contributed by atoms with Gasteiger partial charge in [0.25, 0.3) is 0 Å². The van der Waals surface area contributed by atoms with Crippen molar-refractivity contribution in [1.29, 1.82) is 0 Å². The lowest BCUT2D eigenvalue weighted by atomic mass is 10.2. The van der Waals surface area contributed by atoms with Gasteiger partial charge in [-0.05, 0) is 25.0 Å². The van der Waals surface area contributed by atoms with E-state index >= 15 is 0 Å². The molecular weight excluding hydrogens is 207 g/mol. The molecule has 1 unspecified atom stereocenters. The van der Waals surface area contributed by atoms with Gasteiger partial charge < -0.3 is 4.74 Å². The van der Waals surface area contributed by atoms with Crippen LogP contribution in [-0.2, 0) is 16.1 Å². The van der Waals surface area contributed by atoms with Gasteiger partial charge in [-0.25, -0.2) is 9.18 Å². The molecule has 1 aromatic carbocycles. The number of ether oxygens (including phenoxy) is 1. The summed E-state index contributed by atoms with van der Waals surface area (Å²) in [5, 5.41) is 0. The topological polar surface area (TPSA) is 26.3 Å². The van der Waals surface area contributed by atoms with Crippen LogP contribution in [0.4, 0.5) is 4.39 Å². The highest BCUT2D eigenvalue weighted by atomic mass is 19.1. The van der Waals surface area contributed by atoms with E-state index in [0.29, 0.717) is 5.57 Å². The van der Waals surface area contributed by atoms with E-state index in [1.807, 2.05) is 30.3 Å². The molecule has 3 heteroatoms. The van der Waals surface area contributed by atoms with Crippen molar-refractivity contribution >= 4 is 5.97 Å². The molecule has 0 saturated heterocycles. The van der Waals surface area contributed by atoms with E-state index in [4.69, 9.17) is 4.74 Å². The molecule has 0 heterocycles. The Labute approximate surface area is 94.7 Å². The molecule has 0 spiro atoms. The lowest BCUT2D eigenvalue weighted by Crippen LogP contribution is -2.04. The highest BCUT2D eigenvalue weighted by Gasteiger charge is 2.05. The lowest BCUT2D eigenvalue weighted by Gasteiger charge is -2.04. The smallest absolute Gasteiger partial charge is 0.331 e. The number of carbonyl (C=O) groups excluding carboxylic acids is 1. The Kier molecular flexibility index (Phi) is 4.70. The summed E-state index contributed by atoms with van der Waals surface area (Å²) in [6, 6.07) is 9.35. The average molecular weight is 222 g/mol. The maximum absolute atomic E-state index is 12.7. The SMILES string of the molecule is C/C(=C/C(=O)OCc1ccccc1)C(C)F. The molecule has 1 rings (SSSR count). The van der Waals surface area contributed by atoms with Crippen LogP contribution >= 0.6 is 0 Å². The molecule has 0 bridgehead atoms. The normalized spacial score (nSPS) is 13.3. The molecule has 1 aromatic rings. The Balaban J connectivity index is 2.45. The first-order chi connectivity index (χ1) is 7.59. The second-order valence-electron chi connectivity index (χ2n) is 3.60. The number of alkyl halides is 1. The first-order valence-electron chi connectivity index (χ1n) is 5.12. The maximum atomic E-state index is 12.7. The Morgan fingerprint density at radius 1 is 1.44 bits per heavy atom. The summed E-state index contributed by atoms with van der Waals surface area (Å²) in [7, 11) is 0. The van der Waals surface area contributed by atoms with E-state index in [1.54, 1.807) is 6.92 Å². The fourth-order valence-corrected chi connectivity index (χ4v) is 1.07. The van der Waals surface area contributed by atoms with Gasteiger partial charge in [0.2, 0.25) is 0 Å². The molecule has 0 saturated carbocycles. The second-order valence-corrected chi connectivity index (χ2v) is 3.60. The van der Waals surface area contributed by atoms with Gasteiger partial charge in [0, 0.05) is 6.08 Å². The van der Waals surface area contributed by atoms with Crippen LogP contribution in [0.2, 0.25) is 0 Å². The predicted octanol–water partition coefficient (Wildman–Crippen LogP) is 3.03. The fourth-order valence-electron chi connectivity index (χ4n) is 1.07. The van der Waals surface area contributed by atoms with Crippen LogP contribution in [0.25, 0.3) is 0 Å². The number of hydrogen-bond donors (Lipinski definition) is 0. The van der Waals surface area contributed by atoms with E-state index in [1.165, 1.54) is 13.0 Å². The number of rotatable bonds is 4. The summed E-state index contributed by atoms with van der Waals surface area (Å²) in [4.78, 5) is 11.3. The maximum Gasteiger partial charge on any atom is 0.331 e. The zero-order chi connectivity index (χ0) is 12.0. The third kappa shape index (κ3) is 4.26. The highest BCUT2D eigenvalue weighted by Crippen LogP contribution is 2.06. The summed E-state index contributed by atoms with van der Waals surface area (Å²) in [5.41, 5.74) is 1.29. The third-order valence-electron chi connectivity index (χ3n) is 2.20. The van der Waals surface area contributed by atoms with E-state index in [-0.39, 0.29) is 6.61 Å². The van der Waals surface area contributed by atoms with E-state index < -0.39 is 12.1 Å². The van der Waals surface area contributed by atoms with Crippen LogP contribution in [0, 0.1) is 0 Å². The molecule has 16 heavy (non-hydrogen) atoms. The molecular formula is C13H15FO2. The standard InChI is InChI=1S/C13H15FO2/c1-10(11(2)14)8-13(15)16-9-12-6-4-3-5-7-12/h3-8,11H,9H2,1-2H3/b10-8-. The first kappa shape index (κ1) is 12.4. The van der Waals surface area contributed by atoms with Crippen LogP contribution in [0.5, 0.6) is 0 Å². The summed E-state index contributed by atoms with van der Waals surface area (Å²) in [6.07, 6.45) is 0.0671. The molecule has 0 fully saturated rings. The molecule has 0 N–H and O–H groups in total. The van der Waals surface area contributed by atoms with Gasteiger partial charge in [0.1, 0.15) is 12.8 Å². The molecule has 0 aliphatic carbocycles. The minimum Gasteiger partial charge on any atom is -0.458 e.